The number of benzene rings is 2. The molecule has 3 N–H and O–H groups in total. The molecule has 3 aromatic rings. The average Bonchev–Trinajstić information content (AvgIpc) is 2.45. The molecule has 0 unspecified atom stereocenters. The summed E-state index contributed by atoms with van der Waals surface area (Å²) in [7, 11) is 0. The normalized spacial score (nSPS) is 10.9. The number of hydrogen-bond donors (Lipinski definition) is 3. The zero-order valence-corrected chi connectivity index (χ0v) is 10.9. The van der Waals surface area contributed by atoms with Crippen molar-refractivity contribution in [3.05, 3.63) is 51.7 Å². The lowest BCUT2D eigenvalue weighted by Gasteiger charge is -2.06. The number of fused-ring (bicyclic) bond motifs is 2. The highest BCUT2D eigenvalue weighted by Crippen LogP contribution is 2.27. The molecule has 110 valence electrons. The maximum absolute atomic E-state index is 12.5. The van der Waals surface area contributed by atoms with E-state index in [-0.39, 0.29) is 33.3 Å². The van der Waals surface area contributed by atoms with E-state index in [1.807, 2.05) is 0 Å². The monoisotopic (exact) mass is 300 g/mol. The second-order valence-electron chi connectivity index (χ2n) is 4.59. The summed E-state index contributed by atoms with van der Waals surface area (Å²) in [6.45, 7) is 0. The van der Waals surface area contributed by atoms with E-state index in [0.29, 0.717) is 0 Å². The summed E-state index contributed by atoms with van der Waals surface area (Å²) in [4.78, 5) is 34.9. The summed E-state index contributed by atoms with van der Waals surface area (Å²) >= 11 is 0. The lowest BCUT2D eigenvalue weighted by Crippen LogP contribution is -2.11. The van der Waals surface area contributed by atoms with Gasteiger partial charge in [0.2, 0.25) is 5.43 Å². The van der Waals surface area contributed by atoms with Gasteiger partial charge in [-0.2, -0.15) is 0 Å². The molecule has 0 aliphatic heterocycles. The smallest absolute Gasteiger partial charge is 0.336 e. The minimum absolute atomic E-state index is 0.0383. The Morgan fingerprint density at radius 1 is 0.955 bits per heavy atom. The van der Waals surface area contributed by atoms with Crippen LogP contribution in [-0.4, -0.2) is 27.3 Å². The maximum atomic E-state index is 12.5. The van der Waals surface area contributed by atoms with Crippen molar-refractivity contribution in [2.45, 2.75) is 0 Å². The number of phenols is 1. The van der Waals surface area contributed by atoms with Gasteiger partial charge in [0.15, 0.2) is 0 Å². The van der Waals surface area contributed by atoms with Crippen molar-refractivity contribution in [2.24, 2.45) is 0 Å². The molecule has 0 radical (unpaired) electrons. The Balaban J connectivity index is 2.61. The summed E-state index contributed by atoms with van der Waals surface area (Å²) < 4.78 is 5.40. The van der Waals surface area contributed by atoms with Crippen LogP contribution in [0.3, 0.4) is 0 Å². The van der Waals surface area contributed by atoms with Crippen molar-refractivity contribution in [3.63, 3.8) is 0 Å². The summed E-state index contributed by atoms with van der Waals surface area (Å²) in [5.74, 6) is -3.15. The molecule has 0 spiro atoms. The zero-order valence-electron chi connectivity index (χ0n) is 10.9. The van der Waals surface area contributed by atoms with Gasteiger partial charge in [0.05, 0.1) is 16.5 Å². The van der Waals surface area contributed by atoms with E-state index in [1.165, 1.54) is 18.2 Å². The molecule has 7 nitrogen and oxygen atoms in total. The molecule has 22 heavy (non-hydrogen) atoms. The van der Waals surface area contributed by atoms with Gasteiger partial charge in [-0.1, -0.05) is 6.07 Å². The number of carbonyl (C=O) groups is 2. The lowest BCUT2D eigenvalue weighted by atomic mass is 10.0. The van der Waals surface area contributed by atoms with Gasteiger partial charge in [0.1, 0.15) is 22.3 Å². The Labute approximate surface area is 121 Å². The first-order chi connectivity index (χ1) is 10.4. The van der Waals surface area contributed by atoms with E-state index in [2.05, 4.69) is 0 Å². The molecule has 0 saturated heterocycles. The van der Waals surface area contributed by atoms with Gasteiger partial charge in [-0.25, -0.2) is 9.59 Å². The number of carboxylic acids is 2. The molecule has 0 saturated carbocycles. The lowest BCUT2D eigenvalue weighted by molar-refractivity contribution is 0.0696. The fourth-order valence-electron chi connectivity index (χ4n) is 2.30. The number of hydrogen-bond acceptors (Lipinski definition) is 5. The van der Waals surface area contributed by atoms with E-state index in [9.17, 15) is 24.6 Å². The van der Waals surface area contributed by atoms with Crippen molar-refractivity contribution in [1.29, 1.82) is 0 Å². The first-order valence-electron chi connectivity index (χ1n) is 6.09. The van der Waals surface area contributed by atoms with Gasteiger partial charge < -0.3 is 19.7 Å². The van der Waals surface area contributed by atoms with Crippen LogP contribution in [0.25, 0.3) is 21.9 Å². The topological polar surface area (TPSA) is 125 Å². The molecule has 0 fully saturated rings. The van der Waals surface area contributed by atoms with Crippen LogP contribution in [0.2, 0.25) is 0 Å². The molecule has 2 aromatic carbocycles. The molecule has 0 atom stereocenters. The largest absolute Gasteiger partial charge is 0.507 e. The Hall–Kier alpha value is -3.35. The molecule has 1 aromatic heterocycles. The zero-order chi connectivity index (χ0) is 16.0. The van der Waals surface area contributed by atoms with Crippen LogP contribution in [0.5, 0.6) is 5.75 Å². The first kappa shape index (κ1) is 13.6. The highest BCUT2D eigenvalue weighted by Gasteiger charge is 2.20. The second-order valence-corrected chi connectivity index (χ2v) is 4.59. The maximum Gasteiger partial charge on any atom is 0.336 e. The number of aromatic carboxylic acids is 2. The van der Waals surface area contributed by atoms with Crippen molar-refractivity contribution < 1.29 is 29.3 Å². The highest BCUT2D eigenvalue weighted by atomic mass is 16.4. The van der Waals surface area contributed by atoms with Crippen LogP contribution in [0.4, 0.5) is 0 Å². The minimum Gasteiger partial charge on any atom is -0.507 e. The van der Waals surface area contributed by atoms with E-state index < -0.39 is 22.9 Å². The third kappa shape index (κ3) is 1.87. The fraction of sp³-hybridized carbons (Fsp3) is 0. The molecule has 1 heterocycles. The average molecular weight is 300 g/mol. The molecular weight excluding hydrogens is 292 g/mol. The predicted octanol–water partition coefficient (Wildman–Crippen LogP) is 2.05. The van der Waals surface area contributed by atoms with Gasteiger partial charge in [0, 0.05) is 0 Å². The predicted molar refractivity (Wildman–Crippen MR) is 75.6 cm³/mol. The molecule has 0 bridgehead atoms. The van der Waals surface area contributed by atoms with Crippen LogP contribution in [0, 0.1) is 0 Å². The van der Waals surface area contributed by atoms with Gasteiger partial charge in [-0.05, 0) is 24.3 Å². The van der Waals surface area contributed by atoms with E-state index in [0.717, 1.165) is 12.1 Å². The van der Waals surface area contributed by atoms with Gasteiger partial charge in [-0.15, -0.1) is 0 Å². The number of carboxylic acid groups (broad SMARTS) is 2. The molecule has 0 aliphatic rings. The molecule has 0 aliphatic carbocycles. The number of aromatic hydroxyl groups is 1. The molecular formula is C15H8O7. The SMILES string of the molecule is O=C(O)c1cc(C(=O)O)c2c(=O)c3c(O)cccc3oc2c1. The van der Waals surface area contributed by atoms with E-state index in [1.54, 1.807) is 0 Å². The summed E-state index contributed by atoms with van der Waals surface area (Å²) in [6, 6.07) is 6.11. The Kier molecular flexibility index (Phi) is 2.84. The van der Waals surface area contributed by atoms with E-state index >= 15 is 0 Å². The summed E-state index contributed by atoms with van der Waals surface area (Å²) in [5.41, 5.74) is -1.66. The van der Waals surface area contributed by atoms with Crippen molar-refractivity contribution >= 4 is 33.9 Å². The fourth-order valence-corrected chi connectivity index (χ4v) is 2.30. The second kappa shape index (κ2) is 4.59. The summed E-state index contributed by atoms with van der Waals surface area (Å²) in [5, 5.41) is 27.6. The van der Waals surface area contributed by atoms with Crippen LogP contribution in [0.15, 0.2) is 39.5 Å². The van der Waals surface area contributed by atoms with Gasteiger partial charge in [-0.3, -0.25) is 4.79 Å². The molecule has 7 heteroatoms. The number of phenolic OH excluding ortho intramolecular Hbond substituents is 1. The van der Waals surface area contributed by atoms with Crippen molar-refractivity contribution in [2.75, 3.05) is 0 Å². The third-order valence-electron chi connectivity index (χ3n) is 3.26. The van der Waals surface area contributed by atoms with Crippen molar-refractivity contribution in [3.8, 4) is 5.75 Å². The Bertz CT molecular complexity index is 1010. The van der Waals surface area contributed by atoms with Crippen LogP contribution in [0.1, 0.15) is 20.7 Å². The van der Waals surface area contributed by atoms with Crippen molar-refractivity contribution in [1.82, 2.24) is 0 Å². The van der Waals surface area contributed by atoms with Gasteiger partial charge >= 0.3 is 11.9 Å². The summed E-state index contributed by atoms with van der Waals surface area (Å²) in [6.07, 6.45) is 0. The van der Waals surface area contributed by atoms with Gasteiger partial charge in [0.25, 0.3) is 0 Å². The standard InChI is InChI=1S/C15H8O7/c16-8-2-1-3-9-12(8)13(17)11-7(15(20)21)4-6(14(18)19)5-10(11)22-9/h1-5,16H,(H,18,19)(H,20,21). The van der Waals surface area contributed by atoms with Crippen LogP contribution in [-0.2, 0) is 0 Å². The third-order valence-corrected chi connectivity index (χ3v) is 3.26. The Morgan fingerprint density at radius 3 is 2.32 bits per heavy atom. The quantitative estimate of drug-likeness (QED) is 0.618. The highest BCUT2D eigenvalue weighted by molar-refractivity contribution is 6.08. The number of rotatable bonds is 2. The van der Waals surface area contributed by atoms with Crippen LogP contribution < -0.4 is 5.43 Å². The molecule has 3 rings (SSSR count). The Morgan fingerprint density at radius 2 is 1.68 bits per heavy atom. The molecule has 0 amide bonds. The van der Waals surface area contributed by atoms with Crippen LogP contribution >= 0.6 is 0 Å². The minimum atomic E-state index is -1.46. The first-order valence-corrected chi connectivity index (χ1v) is 6.09. The van der Waals surface area contributed by atoms with E-state index in [4.69, 9.17) is 9.52 Å².